The van der Waals surface area contributed by atoms with Gasteiger partial charge in [-0.05, 0) is 29.3 Å². The summed E-state index contributed by atoms with van der Waals surface area (Å²) in [7, 11) is 0. The number of benzene rings is 1. The maximum atomic E-state index is 13.9. The van der Waals surface area contributed by atoms with Crippen molar-refractivity contribution in [2.75, 3.05) is 0 Å². The summed E-state index contributed by atoms with van der Waals surface area (Å²) < 4.78 is 66.5. The Morgan fingerprint density at radius 1 is 1.24 bits per heavy atom. The van der Waals surface area contributed by atoms with Gasteiger partial charge in [0.1, 0.15) is 17.2 Å². The zero-order valence-electron chi connectivity index (χ0n) is 10.5. The monoisotopic (exact) mass is 303 g/mol. The fourth-order valence-electron chi connectivity index (χ4n) is 2.08. The van der Waals surface area contributed by atoms with Crippen molar-refractivity contribution in [3.63, 3.8) is 0 Å². The van der Waals surface area contributed by atoms with E-state index in [-0.39, 0.29) is 11.1 Å². The lowest BCUT2D eigenvalue weighted by atomic mass is 9.87. The summed E-state index contributed by atoms with van der Waals surface area (Å²) in [6.45, 7) is 0. The van der Waals surface area contributed by atoms with Gasteiger partial charge in [0.05, 0.1) is 0 Å². The molecule has 1 aliphatic carbocycles. The minimum absolute atomic E-state index is 0.00544. The summed E-state index contributed by atoms with van der Waals surface area (Å²) in [5.74, 6) is -3.74. The number of hydrogen-bond acceptors (Lipinski definition) is 1. The van der Waals surface area contributed by atoms with E-state index in [1.807, 2.05) is 0 Å². The van der Waals surface area contributed by atoms with E-state index in [9.17, 15) is 26.7 Å². The molecule has 1 aromatic carbocycles. The van der Waals surface area contributed by atoms with Crippen LogP contribution in [0.4, 0.5) is 22.0 Å². The van der Waals surface area contributed by atoms with E-state index in [0.717, 1.165) is 18.2 Å². The number of carbonyl (C=O) groups excluding carboxylic acids is 1. The molecule has 0 aliphatic heterocycles. The minimum Gasteiger partial charge on any atom is -0.365 e. The van der Waals surface area contributed by atoms with Gasteiger partial charge in [-0.1, -0.05) is 12.2 Å². The van der Waals surface area contributed by atoms with Crippen LogP contribution in [0.25, 0.3) is 5.57 Å². The summed E-state index contributed by atoms with van der Waals surface area (Å²) in [5.41, 5.74) is 0.880. The molecule has 1 atom stereocenters. The Hall–Kier alpha value is -2.18. The topological polar surface area (TPSA) is 43.1 Å². The van der Waals surface area contributed by atoms with Gasteiger partial charge >= 0.3 is 0 Å². The number of amides is 1. The average molecular weight is 303 g/mol. The highest BCUT2D eigenvalue weighted by Gasteiger charge is 2.40. The van der Waals surface area contributed by atoms with Crippen LogP contribution in [0.3, 0.4) is 0 Å². The van der Waals surface area contributed by atoms with Crippen LogP contribution in [0, 0.1) is 11.6 Å². The highest BCUT2D eigenvalue weighted by atomic mass is 19.3. The maximum Gasteiger partial charge on any atom is 0.276 e. The van der Waals surface area contributed by atoms with Gasteiger partial charge < -0.3 is 5.73 Å². The van der Waals surface area contributed by atoms with E-state index >= 15 is 0 Å². The Morgan fingerprint density at radius 2 is 1.81 bits per heavy atom. The van der Waals surface area contributed by atoms with Gasteiger partial charge in [0.25, 0.3) is 12.3 Å². The zero-order chi connectivity index (χ0) is 15.8. The second kappa shape index (κ2) is 5.31. The van der Waals surface area contributed by atoms with Crippen LogP contribution in [0.15, 0.2) is 30.4 Å². The third-order valence-corrected chi connectivity index (χ3v) is 3.15. The fraction of sp³-hybridized carbons (Fsp3) is 0.214. The van der Waals surface area contributed by atoms with E-state index in [0.29, 0.717) is 6.08 Å². The first-order chi connectivity index (χ1) is 9.74. The molecule has 7 heteroatoms. The zero-order valence-corrected chi connectivity index (χ0v) is 10.5. The molecule has 21 heavy (non-hydrogen) atoms. The Balaban J connectivity index is 2.43. The van der Waals surface area contributed by atoms with Crippen molar-refractivity contribution in [3.8, 4) is 0 Å². The van der Waals surface area contributed by atoms with Crippen molar-refractivity contribution >= 4 is 11.5 Å². The number of nitrogens with two attached hydrogens (primary N) is 1. The van der Waals surface area contributed by atoms with E-state index < -0.39 is 41.6 Å². The lowest BCUT2D eigenvalue weighted by Crippen LogP contribution is -2.31. The molecule has 0 spiro atoms. The smallest absolute Gasteiger partial charge is 0.276 e. The standard InChI is InChI=1S/C14H10F5NO/c15-9-4-8(5-10(16)11(9)12(20)21)7-2-1-3-14(19,6-7)13(17)18/h1-5,13H,6H2,(H2,20,21). The van der Waals surface area contributed by atoms with Gasteiger partial charge in [0, 0.05) is 6.42 Å². The number of alkyl halides is 3. The van der Waals surface area contributed by atoms with Gasteiger partial charge in [0.2, 0.25) is 0 Å². The maximum absolute atomic E-state index is 13.9. The number of allylic oxidation sites excluding steroid dienone is 4. The first-order valence-corrected chi connectivity index (χ1v) is 5.89. The van der Waals surface area contributed by atoms with E-state index in [1.165, 1.54) is 6.08 Å². The van der Waals surface area contributed by atoms with E-state index in [1.54, 1.807) is 0 Å². The number of halogens is 5. The van der Waals surface area contributed by atoms with Gasteiger partial charge in [-0.15, -0.1) is 0 Å². The molecule has 0 fully saturated rings. The quantitative estimate of drug-likeness (QED) is 0.855. The van der Waals surface area contributed by atoms with Gasteiger partial charge in [-0.3, -0.25) is 4.79 Å². The Bertz CT molecular complexity index is 630. The molecule has 1 aliphatic rings. The molecule has 0 radical (unpaired) electrons. The Morgan fingerprint density at radius 3 is 2.29 bits per heavy atom. The first-order valence-electron chi connectivity index (χ1n) is 5.89. The lowest BCUT2D eigenvalue weighted by Gasteiger charge is -2.25. The van der Waals surface area contributed by atoms with Gasteiger partial charge in [0.15, 0.2) is 5.67 Å². The molecule has 0 bridgehead atoms. The first kappa shape index (κ1) is 15.2. The summed E-state index contributed by atoms with van der Waals surface area (Å²) in [5, 5.41) is 0. The normalized spacial score (nSPS) is 21.5. The molecule has 0 aromatic heterocycles. The minimum atomic E-state index is -3.27. The molecule has 0 saturated heterocycles. The van der Waals surface area contributed by atoms with Crippen molar-refractivity contribution < 1.29 is 26.7 Å². The molecule has 2 rings (SSSR count). The van der Waals surface area contributed by atoms with Crippen molar-refractivity contribution in [3.05, 3.63) is 53.1 Å². The van der Waals surface area contributed by atoms with Crippen LogP contribution in [0.2, 0.25) is 0 Å². The number of rotatable bonds is 3. The molecular weight excluding hydrogens is 293 g/mol. The molecule has 1 unspecified atom stereocenters. The fourth-order valence-corrected chi connectivity index (χ4v) is 2.08. The molecule has 2 N–H and O–H groups in total. The lowest BCUT2D eigenvalue weighted by molar-refractivity contribution is 0.00120. The molecule has 1 amide bonds. The van der Waals surface area contributed by atoms with Crippen molar-refractivity contribution in [1.29, 1.82) is 0 Å². The third-order valence-electron chi connectivity index (χ3n) is 3.15. The predicted octanol–water partition coefficient (Wildman–Crippen LogP) is 3.38. The summed E-state index contributed by atoms with van der Waals surface area (Å²) in [6.07, 6.45) is -0.958. The molecule has 2 nitrogen and oxygen atoms in total. The number of hydrogen-bond donors (Lipinski definition) is 1. The largest absolute Gasteiger partial charge is 0.365 e. The van der Waals surface area contributed by atoms with E-state index in [2.05, 4.69) is 0 Å². The third kappa shape index (κ3) is 2.81. The van der Waals surface area contributed by atoms with Crippen molar-refractivity contribution in [2.45, 2.75) is 18.5 Å². The van der Waals surface area contributed by atoms with Crippen LogP contribution < -0.4 is 5.73 Å². The molecule has 112 valence electrons. The summed E-state index contributed by atoms with van der Waals surface area (Å²) >= 11 is 0. The van der Waals surface area contributed by atoms with Gasteiger partial charge in [-0.2, -0.15) is 0 Å². The van der Waals surface area contributed by atoms with Crippen LogP contribution in [0.5, 0.6) is 0 Å². The van der Waals surface area contributed by atoms with Crippen LogP contribution >= 0.6 is 0 Å². The second-order valence-electron chi connectivity index (χ2n) is 4.63. The summed E-state index contributed by atoms with van der Waals surface area (Å²) in [6, 6.07) is 1.53. The number of primary amides is 1. The highest BCUT2D eigenvalue weighted by molar-refractivity contribution is 5.93. The van der Waals surface area contributed by atoms with E-state index in [4.69, 9.17) is 5.73 Å². The Kier molecular flexibility index (Phi) is 3.85. The predicted molar refractivity (Wildman–Crippen MR) is 66.5 cm³/mol. The highest BCUT2D eigenvalue weighted by Crippen LogP contribution is 2.37. The van der Waals surface area contributed by atoms with Crippen LogP contribution in [-0.2, 0) is 0 Å². The molecular formula is C14H10F5NO. The molecule has 0 saturated carbocycles. The van der Waals surface area contributed by atoms with Crippen LogP contribution in [-0.4, -0.2) is 18.0 Å². The second-order valence-corrected chi connectivity index (χ2v) is 4.63. The number of carbonyl (C=O) groups is 1. The van der Waals surface area contributed by atoms with Crippen molar-refractivity contribution in [2.24, 2.45) is 5.73 Å². The molecule has 1 aromatic rings. The van der Waals surface area contributed by atoms with Gasteiger partial charge in [-0.25, -0.2) is 22.0 Å². The molecule has 0 heterocycles. The summed E-state index contributed by atoms with van der Waals surface area (Å²) in [4.78, 5) is 10.9. The Labute approximate surface area is 116 Å². The van der Waals surface area contributed by atoms with Crippen LogP contribution in [0.1, 0.15) is 22.3 Å². The average Bonchev–Trinajstić information content (AvgIpc) is 2.37. The SMILES string of the molecule is NC(=O)c1c(F)cc(C2=CC=CC(F)(C(F)F)C2)cc1F. The van der Waals surface area contributed by atoms with Crippen molar-refractivity contribution in [1.82, 2.24) is 0 Å².